The Morgan fingerprint density at radius 1 is 1.36 bits per heavy atom. The van der Waals surface area contributed by atoms with Gasteiger partial charge in [0.2, 0.25) is 5.82 Å². The molecule has 2 heterocycles. The first-order valence-electron chi connectivity index (χ1n) is 11.6. The number of ether oxygens (including phenoxy) is 1. The fourth-order valence-corrected chi connectivity index (χ4v) is 6.45. The smallest absolute Gasteiger partial charge is 0.408 e. The summed E-state index contributed by atoms with van der Waals surface area (Å²) in [4.78, 5) is 36.4. The average Bonchev–Trinajstić information content (AvgIpc) is 3.16. The number of nitrogens with one attached hydrogen (secondary N) is 1. The number of carbonyl (C=O) groups excluding carboxylic acids is 1. The van der Waals surface area contributed by atoms with Gasteiger partial charge in [0.25, 0.3) is 5.56 Å². The van der Waals surface area contributed by atoms with Gasteiger partial charge >= 0.3 is 13.4 Å². The van der Waals surface area contributed by atoms with Crippen LogP contribution in [0, 0.1) is 5.82 Å². The summed E-state index contributed by atoms with van der Waals surface area (Å²) in [5, 5.41) is -0.148. The number of carbonyl (C=O) groups is 1. The molecule has 1 unspecified atom stereocenters. The SMILES string of the molecule is CN(CCCl)P(=O)(OCCC=O)OC[C@H]1O[C@@H](n2cc(F)c(=O)[nH]c2=O)C[C@@H]1O[Si](C)(C)C(C)(C)C. The van der Waals surface area contributed by atoms with Crippen molar-refractivity contribution < 1.29 is 32.0 Å². The molecule has 0 aliphatic carbocycles. The first-order chi connectivity index (χ1) is 16.6. The third kappa shape index (κ3) is 7.67. The van der Waals surface area contributed by atoms with E-state index in [1.165, 1.54) is 11.7 Å². The molecule has 1 aliphatic heterocycles. The van der Waals surface area contributed by atoms with Crippen molar-refractivity contribution in [3.05, 3.63) is 32.9 Å². The van der Waals surface area contributed by atoms with Crippen LogP contribution in [-0.2, 0) is 27.6 Å². The van der Waals surface area contributed by atoms with Crippen molar-refractivity contribution in [2.75, 3.05) is 32.7 Å². The fraction of sp³-hybridized carbons (Fsp3) is 0.762. The Balaban J connectivity index is 2.33. The molecule has 0 bridgehead atoms. The van der Waals surface area contributed by atoms with Gasteiger partial charge in [-0.05, 0) is 25.2 Å². The van der Waals surface area contributed by atoms with Crippen molar-refractivity contribution in [3.63, 3.8) is 0 Å². The number of hydrogen-bond donors (Lipinski definition) is 1. The molecule has 0 saturated carbocycles. The minimum absolute atomic E-state index is 0.0296. The van der Waals surface area contributed by atoms with Crippen molar-refractivity contribution in [1.82, 2.24) is 14.2 Å². The highest BCUT2D eigenvalue weighted by Gasteiger charge is 2.46. The van der Waals surface area contributed by atoms with Crippen molar-refractivity contribution in [1.29, 1.82) is 0 Å². The summed E-state index contributed by atoms with van der Waals surface area (Å²) in [6.45, 7) is 10.1. The van der Waals surface area contributed by atoms with Gasteiger partial charge in [0, 0.05) is 25.3 Å². The highest BCUT2D eigenvalue weighted by atomic mass is 35.5. The van der Waals surface area contributed by atoms with Gasteiger partial charge in [0.1, 0.15) is 18.6 Å². The van der Waals surface area contributed by atoms with Gasteiger partial charge in [-0.15, -0.1) is 11.6 Å². The molecule has 1 saturated heterocycles. The summed E-state index contributed by atoms with van der Waals surface area (Å²) < 4.78 is 53.4. The maximum Gasteiger partial charge on any atom is 0.408 e. The number of aldehydes is 1. The third-order valence-electron chi connectivity index (χ3n) is 6.39. The van der Waals surface area contributed by atoms with E-state index in [2.05, 4.69) is 20.8 Å². The lowest BCUT2D eigenvalue weighted by molar-refractivity contribution is -0.108. The van der Waals surface area contributed by atoms with E-state index in [-0.39, 0.29) is 43.5 Å². The van der Waals surface area contributed by atoms with Gasteiger partial charge in [-0.25, -0.2) is 14.0 Å². The lowest BCUT2D eigenvalue weighted by Crippen LogP contribution is -2.46. The highest BCUT2D eigenvalue weighted by molar-refractivity contribution is 7.51. The van der Waals surface area contributed by atoms with Crippen LogP contribution < -0.4 is 11.2 Å². The van der Waals surface area contributed by atoms with Crippen molar-refractivity contribution in [3.8, 4) is 0 Å². The van der Waals surface area contributed by atoms with Gasteiger partial charge in [-0.2, -0.15) is 4.39 Å². The van der Waals surface area contributed by atoms with Crippen LogP contribution in [0.2, 0.25) is 18.1 Å². The van der Waals surface area contributed by atoms with E-state index in [9.17, 15) is 23.3 Å². The second-order valence-corrected chi connectivity index (χ2v) is 17.3. The summed E-state index contributed by atoms with van der Waals surface area (Å²) >= 11 is 5.80. The monoisotopic (exact) mass is 571 g/mol. The molecule has 0 radical (unpaired) electrons. The lowest BCUT2D eigenvalue weighted by Gasteiger charge is -2.39. The van der Waals surface area contributed by atoms with Crippen LogP contribution in [0.25, 0.3) is 0 Å². The van der Waals surface area contributed by atoms with Crippen molar-refractivity contribution >= 4 is 34.0 Å². The van der Waals surface area contributed by atoms with Gasteiger partial charge < -0.3 is 14.0 Å². The number of alkyl halides is 1. The second kappa shape index (κ2) is 12.6. The van der Waals surface area contributed by atoms with E-state index in [4.69, 9.17) is 29.8 Å². The predicted molar refractivity (Wildman–Crippen MR) is 135 cm³/mol. The molecule has 1 N–H and O–H groups in total. The fourth-order valence-electron chi connectivity index (χ4n) is 3.24. The molecule has 0 amide bonds. The number of halogens is 2. The summed E-state index contributed by atoms with van der Waals surface area (Å²) in [6, 6.07) is 0. The summed E-state index contributed by atoms with van der Waals surface area (Å²) in [6.07, 6.45) is -0.705. The Bertz CT molecular complexity index is 1060. The average molecular weight is 572 g/mol. The molecule has 36 heavy (non-hydrogen) atoms. The maximum atomic E-state index is 13.9. The van der Waals surface area contributed by atoms with Crippen molar-refractivity contribution in [2.24, 2.45) is 0 Å². The minimum Gasteiger partial charge on any atom is -0.411 e. The number of nitrogens with zero attached hydrogens (tertiary/aromatic N) is 2. The van der Waals surface area contributed by atoms with Crippen LogP contribution in [0.1, 0.15) is 39.8 Å². The zero-order valence-electron chi connectivity index (χ0n) is 21.5. The minimum atomic E-state index is -3.85. The van der Waals surface area contributed by atoms with E-state index >= 15 is 0 Å². The quantitative estimate of drug-likeness (QED) is 0.125. The van der Waals surface area contributed by atoms with Gasteiger partial charge in [-0.1, -0.05) is 20.8 Å². The molecule has 0 aromatic carbocycles. The van der Waals surface area contributed by atoms with Crippen LogP contribution in [-0.4, -0.2) is 73.7 Å². The molecule has 11 nitrogen and oxygen atoms in total. The van der Waals surface area contributed by atoms with Gasteiger partial charge in [0.05, 0.1) is 25.5 Å². The van der Waals surface area contributed by atoms with Crippen LogP contribution in [0.3, 0.4) is 0 Å². The van der Waals surface area contributed by atoms with Crippen molar-refractivity contribution in [2.45, 2.75) is 70.2 Å². The Morgan fingerprint density at radius 2 is 2.03 bits per heavy atom. The standard InChI is InChI=1S/C21H36ClFN3O8PSi/c1-21(2,3)36(5,6)34-16-12-18(26-13-15(23)19(28)24-20(26)29)33-17(16)14-32-35(30,25(4)9-8-22)31-11-7-10-27/h10,13,16-18H,7-9,11-12,14H2,1-6H3,(H,24,28,29)/t16-,17+,18+,35?/m0/s1. The Morgan fingerprint density at radius 3 is 2.61 bits per heavy atom. The van der Waals surface area contributed by atoms with Crippen LogP contribution in [0.15, 0.2) is 15.8 Å². The molecular formula is C21H36ClFN3O8PSi. The number of rotatable bonds is 13. The molecule has 2 rings (SSSR count). The van der Waals surface area contributed by atoms with Crippen LogP contribution in [0.5, 0.6) is 0 Å². The third-order valence-corrected chi connectivity index (χ3v) is 13.1. The Labute approximate surface area is 215 Å². The van der Waals surface area contributed by atoms with E-state index in [1.807, 2.05) is 18.1 Å². The maximum absolute atomic E-state index is 13.9. The molecule has 1 aliphatic rings. The Hall–Kier alpha value is -1.18. The van der Waals surface area contributed by atoms with Gasteiger partial charge in [-0.3, -0.25) is 23.4 Å². The summed E-state index contributed by atoms with van der Waals surface area (Å²) in [7, 11) is -4.66. The number of aromatic nitrogens is 2. The topological polar surface area (TPSA) is 129 Å². The van der Waals surface area contributed by atoms with Crippen LogP contribution in [0.4, 0.5) is 4.39 Å². The van der Waals surface area contributed by atoms with Gasteiger partial charge in [0.15, 0.2) is 8.32 Å². The molecular weight excluding hydrogens is 536 g/mol. The normalized spacial score (nSPS) is 22.6. The van der Waals surface area contributed by atoms with E-state index in [0.717, 1.165) is 10.8 Å². The molecule has 0 spiro atoms. The molecule has 4 atom stereocenters. The molecule has 206 valence electrons. The van der Waals surface area contributed by atoms with E-state index in [0.29, 0.717) is 6.29 Å². The largest absolute Gasteiger partial charge is 0.411 e. The number of H-pyrrole nitrogens is 1. The summed E-state index contributed by atoms with van der Waals surface area (Å²) in [5.41, 5.74) is -1.96. The Kier molecular flexibility index (Phi) is 10.8. The zero-order valence-corrected chi connectivity index (χ0v) is 24.1. The molecule has 15 heteroatoms. The number of aromatic amines is 1. The molecule has 1 aromatic heterocycles. The zero-order chi connectivity index (χ0) is 27.3. The molecule has 1 fully saturated rings. The first kappa shape index (κ1) is 31.0. The van der Waals surface area contributed by atoms with Crippen LogP contribution >= 0.6 is 19.3 Å². The first-order valence-corrected chi connectivity index (χ1v) is 16.5. The lowest BCUT2D eigenvalue weighted by atomic mass is 10.2. The predicted octanol–water partition coefficient (Wildman–Crippen LogP) is 3.25. The second-order valence-electron chi connectivity index (χ2n) is 10.0. The van der Waals surface area contributed by atoms with E-state index in [1.54, 1.807) is 0 Å². The highest BCUT2D eigenvalue weighted by Crippen LogP contribution is 2.52. The van der Waals surface area contributed by atoms with E-state index < -0.39 is 51.6 Å². The molecule has 1 aromatic rings. The summed E-state index contributed by atoms with van der Waals surface area (Å²) in [5.74, 6) is -0.962. The number of hydrogen-bond acceptors (Lipinski definition) is 8.